The van der Waals surface area contributed by atoms with Gasteiger partial charge in [0, 0.05) is 24.8 Å². The molecule has 0 aliphatic carbocycles. The monoisotopic (exact) mass is 380 g/mol. The van der Waals surface area contributed by atoms with Gasteiger partial charge < -0.3 is 10.6 Å². The molecule has 0 saturated heterocycles. The average Bonchev–Trinajstić information content (AvgIpc) is 2.59. The van der Waals surface area contributed by atoms with Gasteiger partial charge >= 0.3 is 0 Å². The summed E-state index contributed by atoms with van der Waals surface area (Å²) in [6.45, 7) is 3.68. The van der Waals surface area contributed by atoms with Crippen LogP contribution in [0, 0.1) is 5.82 Å². The molecule has 25 heavy (non-hydrogen) atoms. The summed E-state index contributed by atoms with van der Waals surface area (Å²) in [5.41, 5.74) is 8.41. The van der Waals surface area contributed by atoms with E-state index in [1.54, 1.807) is 12.1 Å². The van der Waals surface area contributed by atoms with Crippen LogP contribution in [-0.4, -0.2) is 13.1 Å². The molecule has 2 nitrogen and oxygen atoms in total. The SMILES string of the molecule is CCN(CC(N)c1ccc(F)cc1)c1ccc2ccccc2c1.Cl.Cl. The molecule has 0 radical (unpaired) electrons. The Morgan fingerprint density at radius 3 is 2.20 bits per heavy atom. The minimum atomic E-state index is -0.233. The summed E-state index contributed by atoms with van der Waals surface area (Å²) in [6.07, 6.45) is 0. The van der Waals surface area contributed by atoms with E-state index < -0.39 is 0 Å². The summed E-state index contributed by atoms with van der Waals surface area (Å²) in [6, 6.07) is 21.1. The lowest BCUT2D eigenvalue weighted by molar-refractivity contribution is 0.623. The minimum absolute atomic E-state index is 0. The predicted molar refractivity (Wildman–Crippen MR) is 110 cm³/mol. The largest absolute Gasteiger partial charge is 0.370 e. The maximum atomic E-state index is 13.0. The smallest absolute Gasteiger partial charge is 0.123 e. The van der Waals surface area contributed by atoms with Crippen LogP contribution >= 0.6 is 24.8 Å². The van der Waals surface area contributed by atoms with Gasteiger partial charge in [-0.3, -0.25) is 0 Å². The third-order valence-electron chi connectivity index (χ3n) is 4.20. The van der Waals surface area contributed by atoms with Crippen molar-refractivity contribution in [3.63, 3.8) is 0 Å². The van der Waals surface area contributed by atoms with Crippen molar-refractivity contribution >= 4 is 41.3 Å². The van der Waals surface area contributed by atoms with E-state index in [1.165, 1.54) is 22.9 Å². The Labute approximate surface area is 160 Å². The molecule has 0 saturated carbocycles. The highest BCUT2D eigenvalue weighted by molar-refractivity contribution is 5.86. The molecule has 5 heteroatoms. The maximum Gasteiger partial charge on any atom is 0.123 e. The normalized spacial score (nSPS) is 11.3. The van der Waals surface area contributed by atoms with E-state index in [9.17, 15) is 4.39 Å². The molecule has 0 aliphatic rings. The first-order chi connectivity index (χ1) is 11.2. The van der Waals surface area contributed by atoms with E-state index in [0.717, 1.165) is 17.8 Å². The molecule has 3 aromatic rings. The van der Waals surface area contributed by atoms with Gasteiger partial charge in [-0.25, -0.2) is 4.39 Å². The zero-order valence-electron chi connectivity index (χ0n) is 14.1. The van der Waals surface area contributed by atoms with Crippen LogP contribution in [0.3, 0.4) is 0 Å². The van der Waals surface area contributed by atoms with Gasteiger partial charge in [0.1, 0.15) is 5.82 Å². The molecule has 3 rings (SSSR count). The highest BCUT2D eigenvalue weighted by atomic mass is 35.5. The lowest BCUT2D eigenvalue weighted by Gasteiger charge is -2.27. The number of benzene rings is 3. The summed E-state index contributed by atoms with van der Waals surface area (Å²) >= 11 is 0. The second-order valence-electron chi connectivity index (χ2n) is 5.73. The topological polar surface area (TPSA) is 29.3 Å². The second kappa shape index (κ2) is 9.62. The van der Waals surface area contributed by atoms with Crippen LogP contribution in [0.4, 0.5) is 10.1 Å². The van der Waals surface area contributed by atoms with Gasteiger partial charge in [-0.1, -0.05) is 42.5 Å². The van der Waals surface area contributed by atoms with Crippen molar-refractivity contribution < 1.29 is 4.39 Å². The van der Waals surface area contributed by atoms with E-state index in [4.69, 9.17) is 5.73 Å². The standard InChI is InChI=1S/C20H21FN2.2ClH/c1-2-23(14-20(22)16-7-10-18(21)11-8-16)19-12-9-15-5-3-4-6-17(15)13-19;;/h3-13,20H,2,14,22H2,1H3;2*1H. The number of anilines is 1. The van der Waals surface area contributed by atoms with E-state index in [1.807, 2.05) is 12.1 Å². The first-order valence-electron chi connectivity index (χ1n) is 7.92. The highest BCUT2D eigenvalue weighted by Crippen LogP contribution is 2.24. The summed E-state index contributed by atoms with van der Waals surface area (Å²) < 4.78 is 13.0. The minimum Gasteiger partial charge on any atom is -0.370 e. The van der Waals surface area contributed by atoms with Crippen LogP contribution in [0.1, 0.15) is 18.5 Å². The number of hydrogen-bond donors (Lipinski definition) is 1. The van der Waals surface area contributed by atoms with E-state index in [0.29, 0.717) is 6.54 Å². The Hall–Kier alpha value is -1.81. The molecule has 0 aromatic heterocycles. The number of nitrogens with zero attached hydrogens (tertiary/aromatic N) is 1. The predicted octanol–water partition coefficient (Wildman–Crippen LogP) is 5.35. The van der Waals surface area contributed by atoms with Crippen molar-refractivity contribution in [3.8, 4) is 0 Å². The number of hydrogen-bond acceptors (Lipinski definition) is 2. The van der Waals surface area contributed by atoms with Crippen LogP contribution in [0.5, 0.6) is 0 Å². The molecule has 0 heterocycles. The zero-order chi connectivity index (χ0) is 16.2. The Morgan fingerprint density at radius 1 is 0.920 bits per heavy atom. The van der Waals surface area contributed by atoms with Gasteiger partial charge in [0.2, 0.25) is 0 Å². The van der Waals surface area contributed by atoms with E-state index >= 15 is 0 Å². The lowest BCUT2D eigenvalue weighted by Crippen LogP contribution is -2.32. The van der Waals surface area contributed by atoms with Gasteiger partial charge in [-0.05, 0) is 47.5 Å². The molecule has 0 aliphatic heterocycles. The zero-order valence-corrected chi connectivity index (χ0v) is 15.7. The first kappa shape index (κ1) is 21.2. The van der Waals surface area contributed by atoms with Crippen LogP contribution in [0.15, 0.2) is 66.7 Å². The Kier molecular flexibility index (Phi) is 8.17. The molecule has 0 spiro atoms. The fourth-order valence-electron chi connectivity index (χ4n) is 2.84. The Bertz CT molecular complexity index is 793. The number of halogens is 3. The Balaban J connectivity index is 0.00000156. The van der Waals surface area contributed by atoms with Crippen LogP contribution in [-0.2, 0) is 0 Å². The second-order valence-corrected chi connectivity index (χ2v) is 5.73. The molecule has 1 atom stereocenters. The van der Waals surface area contributed by atoms with Gasteiger partial charge in [-0.2, -0.15) is 0 Å². The summed E-state index contributed by atoms with van der Waals surface area (Å²) in [4.78, 5) is 2.25. The lowest BCUT2D eigenvalue weighted by atomic mass is 10.1. The van der Waals surface area contributed by atoms with Crippen molar-refractivity contribution in [2.45, 2.75) is 13.0 Å². The molecule has 134 valence electrons. The molecule has 0 fully saturated rings. The van der Waals surface area contributed by atoms with Gasteiger partial charge in [0.05, 0.1) is 0 Å². The van der Waals surface area contributed by atoms with Crippen molar-refractivity contribution in [2.75, 3.05) is 18.0 Å². The van der Waals surface area contributed by atoms with Crippen molar-refractivity contribution in [2.24, 2.45) is 5.73 Å². The van der Waals surface area contributed by atoms with E-state index in [-0.39, 0.29) is 36.7 Å². The molecule has 0 amide bonds. The van der Waals surface area contributed by atoms with Crippen molar-refractivity contribution in [1.82, 2.24) is 0 Å². The molecule has 0 bridgehead atoms. The van der Waals surface area contributed by atoms with Gasteiger partial charge in [0.25, 0.3) is 0 Å². The summed E-state index contributed by atoms with van der Waals surface area (Å²) in [5.74, 6) is -0.233. The van der Waals surface area contributed by atoms with Crippen molar-refractivity contribution in [1.29, 1.82) is 0 Å². The number of rotatable bonds is 5. The van der Waals surface area contributed by atoms with Crippen LogP contribution in [0.25, 0.3) is 10.8 Å². The van der Waals surface area contributed by atoms with Crippen molar-refractivity contribution in [3.05, 3.63) is 78.1 Å². The summed E-state index contributed by atoms with van der Waals surface area (Å²) in [7, 11) is 0. The summed E-state index contributed by atoms with van der Waals surface area (Å²) in [5, 5.41) is 2.45. The molecule has 3 aromatic carbocycles. The van der Waals surface area contributed by atoms with E-state index in [2.05, 4.69) is 42.2 Å². The Morgan fingerprint density at radius 2 is 1.56 bits per heavy atom. The molecular formula is C20H23Cl2FN2. The fourth-order valence-corrected chi connectivity index (χ4v) is 2.84. The van der Waals surface area contributed by atoms with Gasteiger partial charge in [-0.15, -0.1) is 24.8 Å². The van der Waals surface area contributed by atoms with Gasteiger partial charge in [0.15, 0.2) is 0 Å². The number of fused-ring (bicyclic) bond motifs is 1. The first-order valence-corrected chi connectivity index (χ1v) is 7.92. The number of nitrogens with two attached hydrogens (primary N) is 1. The maximum absolute atomic E-state index is 13.0. The molecule has 2 N–H and O–H groups in total. The highest BCUT2D eigenvalue weighted by Gasteiger charge is 2.12. The third-order valence-corrected chi connectivity index (χ3v) is 4.20. The fraction of sp³-hybridized carbons (Fsp3) is 0.200. The van der Waals surface area contributed by atoms with Crippen LogP contribution in [0.2, 0.25) is 0 Å². The number of likely N-dealkylation sites (N-methyl/N-ethyl adjacent to an activating group) is 1. The molecular weight excluding hydrogens is 358 g/mol. The third kappa shape index (κ3) is 5.08. The van der Waals surface area contributed by atoms with Crippen LogP contribution < -0.4 is 10.6 Å². The quantitative estimate of drug-likeness (QED) is 0.646. The molecule has 1 unspecified atom stereocenters. The average molecular weight is 381 g/mol.